The van der Waals surface area contributed by atoms with E-state index in [4.69, 9.17) is 4.84 Å². The predicted molar refractivity (Wildman–Crippen MR) is 69.9 cm³/mol. The second kappa shape index (κ2) is 6.40. The molecule has 2 rings (SSSR count). The Morgan fingerprint density at radius 2 is 1.90 bits per heavy atom. The maximum atomic E-state index is 10.9. The van der Waals surface area contributed by atoms with E-state index in [2.05, 4.69) is 5.48 Å². The standard InChI is InChI=1S/C12H15N3O5/c16-14(17)10-6-5-9(12(7-10)15(18)19)8-13-20-11-3-1-2-4-11/h5-7,11,13H,1-4,8H2. The molecule has 0 unspecified atom stereocenters. The first kappa shape index (κ1) is 14.4. The maximum Gasteiger partial charge on any atom is 0.280 e. The zero-order valence-electron chi connectivity index (χ0n) is 10.8. The van der Waals surface area contributed by atoms with Gasteiger partial charge >= 0.3 is 0 Å². The van der Waals surface area contributed by atoms with Crippen molar-refractivity contribution in [3.63, 3.8) is 0 Å². The molecule has 8 nitrogen and oxygen atoms in total. The molecule has 0 amide bonds. The van der Waals surface area contributed by atoms with E-state index in [9.17, 15) is 20.2 Å². The molecular weight excluding hydrogens is 266 g/mol. The highest BCUT2D eigenvalue weighted by atomic mass is 16.7. The van der Waals surface area contributed by atoms with Gasteiger partial charge in [-0.1, -0.05) is 12.8 Å². The number of non-ortho nitro benzene ring substituents is 1. The van der Waals surface area contributed by atoms with Crippen molar-refractivity contribution in [2.24, 2.45) is 0 Å². The van der Waals surface area contributed by atoms with Crippen LogP contribution in [0.2, 0.25) is 0 Å². The van der Waals surface area contributed by atoms with E-state index in [0.29, 0.717) is 5.56 Å². The van der Waals surface area contributed by atoms with Gasteiger partial charge in [0.15, 0.2) is 0 Å². The second-order valence-corrected chi connectivity index (χ2v) is 4.67. The molecule has 0 heterocycles. The van der Waals surface area contributed by atoms with Crippen LogP contribution in [0.5, 0.6) is 0 Å². The summed E-state index contributed by atoms with van der Waals surface area (Å²) in [5.41, 5.74) is 2.50. The van der Waals surface area contributed by atoms with Gasteiger partial charge in [0.2, 0.25) is 0 Å². The van der Waals surface area contributed by atoms with Crippen LogP contribution in [0, 0.1) is 20.2 Å². The molecular formula is C12H15N3O5. The quantitative estimate of drug-likeness (QED) is 0.633. The molecule has 1 fully saturated rings. The van der Waals surface area contributed by atoms with Gasteiger partial charge in [-0.2, -0.15) is 5.48 Å². The van der Waals surface area contributed by atoms with Gasteiger partial charge in [-0.25, -0.2) is 0 Å². The molecule has 0 radical (unpaired) electrons. The number of nitrogens with zero attached hydrogens (tertiary/aromatic N) is 2. The number of rotatable bonds is 6. The van der Waals surface area contributed by atoms with E-state index in [0.717, 1.165) is 31.7 Å². The predicted octanol–water partition coefficient (Wildman–Crippen LogP) is 2.47. The van der Waals surface area contributed by atoms with Crippen LogP contribution in [-0.4, -0.2) is 16.0 Å². The van der Waals surface area contributed by atoms with Crippen LogP contribution in [0.4, 0.5) is 11.4 Å². The number of hydroxylamine groups is 1. The summed E-state index contributed by atoms with van der Waals surface area (Å²) < 4.78 is 0. The Morgan fingerprint density at radius 1 is 1.20 bits per heavy atom. The SMILES string of the molecule is O=[N+]([O-])c1ccc(CNOC2CCCC2)c([N+](=O)[O-])c1. The van der Waals surface area contributed by atoms with Gasteiger partial charge in [-0.3, -0.25) is 25.1 Å². The summed E-state index contributed by atoms with van der Waals surface area (Å²) in [5, 5.41) is 21.5. The first-order valence-corrected chi connectivity index (χ1v) is 6.38. The number of hydrogen-bond donors (Lipinski definition) is 1. The highest BCUT2D eigenvalue weighted by Gasteiger charge is 2.20. The Labute approximate surface area is 115 Å². The van der Waals surface area contributed by atoms with Crippen molar-refractivity contribution < 1.29 is 14.7 Å². The molecule has 1 aromatic rings. The van der Waals surface area contributed by atoms with Crippen LogP contribution >= 0.6 is 0 Å². The fourth-order valence-corrected chi connectivity index (χ4v) is 2.23. The van der Waals surface area contributed by atoms with Crippen LogP contribution in [0.3, 0.4) is 0 Å². The highest BCUT2D eigenvalue weighted by molar-refractivity contribution is 5.48. The van der Waals surface area contributed by atoms with Crippen LogP contribution in [0.1, 0.15) is 31.2 Å². The molecule has 1 aliphatic carbocycles. The molecule has 1 aliphatic rings. The summed E-state index contributed by atoms with van der Waals surface area (Å²) in [6.45, 7) is 0.144. The van der Waals surface area contributed by atoms with E-state index < -0.39 is 9.85 Å². The van der Waals surface area contributed by atoms with Gasteiger partial charge < -0.3 is 0 Å². The van der Waals surface area contributed by atoms with Crippen molar-refractivity contribution in [1.29, 1.82) is 0 Å². The van der Waals surface area contributed by atoms with Crippen molar-refractivity contribution in [3.05, 3.63) is 44.0 Å². The van der Waals surface area contributed by atoms with Crippen LogP contribution in [0.15, 0.2) is 18.2 Å². The smallest absolute Gasteiger partial charge is 0.280 e. The lowest BCUT2D eigenvalue weighted by Gasteiger charge is -2.11. The molecule has 0 bridgehead atoms. The van der Waals surface area contributed by atoms with Crippen molar-refractivity contribution in [2.45, 2.75) is 38.3 Å². The molecule has 1 saturated carbocycles. The molecule has 20 heavy (non-hydrogen) atoms. The Kier molecular flexibility index (Phi) is 4.59. The second-order valence-electron chi connectivity index (χ2n) is 4.67. The summed E-state index contributed by atoms with van der Waals surface area (Å²) in [4.78, 5) is 25.7. The molecule has 8 heteroatoms. The summed E-state index contributed by atoms with van der Waals surface area (Å²) in [5.74, 6) is 0. The Bertz CT molecular complexity index is 514. The van der Waals surface area contributed by atoms with Crippen molar-refractivity contribution in [2.75, 3.05) is 0 Å². The monoisotopic (exact) mass is 281 g/mol. The largest absolute Gasteiger partial charge is 0.298 e. The topological polar surface area (TPSA) is 108 Å². The average molecular weight is 281 g/mol. The zero-order chi connectivity index (χ0) is 14.5. The normalized spacial score (nSPS) is 15.4. The van der Waals surface area contributed by atoms with E-state index in [1.54, 1.807) is 0 Å². The third-order valence-electron chi connectivity index (χ3n) is 3.29. The fourth-order valence-electron chi connectivity index (χ4n) is 2.23. The van der Waals surface area contributed by atoms with Gasteiger partial charge in [0, 0.05) is 11.6 Å². The van der Waals surface area contributed by atoms with E-state index >= 15 is 0 Å². The lowest BCUT2D eigenvalue weighted by atomic mass is 10.1. The van der Waals surface area contributed by atoms with Crippen LogP contribution in [-0.2, 0) is 11.4 Å². The van der Waals surface area contributed by atoms with Gasteiger partial charge in [0.1, 0.15) is 0 Å². The maximum absolute atomic E-state index is 10.9. The van der Waals surface area contributed by atoms with Gasteiger partial charge in [0.05, 0.1) is 28.6 Å². The molecule has 108 valence electrons. The minimum atomic E-state index is -0.654. The minimum Gasteiger partial charge on any atom is -0.298 e. The fraction of sp³-hybridized carbons (Fsp3) is 0.500. The third kappa shape index (κ3) is 3.49. The average Bonchev–Trinajstić information content (AvgIpc) is 2.91. The Balaban J connectivity index is 2.02. The third-order valence-corrected chi connectivity index (χ3v) is 3.29. The van der Waals surface area contributed by atoms with Crippen LogP contribution < -0.4 is 5.48 Å². The molecule has 0 saturated heterocycles. The van der Waals surface area contributed by atoms with E-state index in [1.807, 2.05) is 0 Å². The van der Waals surface area contributed by atoms with Crippen molar-refractivity contribution in [1.82, 2.24) is 5.48 Å². The molecule has 1 N–H and O–H groups in total. The summed E-state index contributed by atoms with van der Waals surface area (Å²) >= 11 is 0. The lowest BCUT2D eigenvalue weighted by molar-refractivity contribution is -0.394. The van der Waals surface area contributed by atoms with Gasteiger partial charge in [-0.05, 0) is 18.9 Å². The lowest BCUT2D eigenvalue weighted by Crippen LogP contribution is -2.21. The Morgan fingerprint density at radius 3 is 2.50 bits per heavy atom. The molecule has 0 aromatic heterocycles. The van der Waals surface area contributed by atoms with Gasteiger partial charge in [0.25, 0.3) is 11.4 Å². The Hall–Kier alpha value is -2.06. The number of nitrogens with one attached hydrogen (secondary N) is 1. The summed E-state index contributed by atoms with van der Waals surface area (Å²) in [6.07, 6.45) is 4.37. The molecule has 0 spiro atoms. The summed E-state index contributed by atoms with van der Waals surface area (Å²) in [7, 11) is 0. The zero-order valence-corrected chi connectivity index (χ0v) is 10.8. The first-order valence-electron chi connectivity index (χ1n) is 6.38. The number of benzene rings is 1. The summed E-state index contributed by atoms with van der Waals surface area (Å²) in [6, 6.07) is 3.59. The van der Waals surface area contributed by atoms with Crippen molar-refractivity contribution >= 4 is 11.4 Å². The minimum absolute atomic E-state index is 0.144. The highest BCUT2D eigenvalue weighted by Crippen LogP contribution is 2.25. The molecule has 0 atom stereocenters. The molecule has 0 aliphatic heterocycles. The van der Waals surface area contributed by atoms with Gasteiger partial charge in [-0.15, -0.1) is 0 Å². The molecule has 1 aromatic carbocycles. The first-order chi connectivity index (χ1) is 9.58. The number of nitro groups is 2. The van der Waals surface area contributed by atoms with Crippen molar-refractivity contribution in [3.8, 4) is 0 Å². The number of hydrogen-bond acceptors (Lipinski definition) is 6. The van der Waals surface area contributed by atoms with E-state index in [-0.39, 0.29) is 24.0 Å². The van der Waals surface area contributed by atoms with E-state index in [1.165, 1.54) is 12.1 Å². The number of nitro benzene ring substituents is 2. The van der Waals surface area contributed by atoms with Crippen LogP contribution in [0.25, 0.3) is 0 Å².